The van der Waals surface area contributed by atoms with Gasteiger partial charge in [-0.3, -0.25) is 5.14 Å². The number of rotatable bonds is 6. The van der Waals surface area contributed by atoms with Gasteiger partial charge in [-0.15, -0.1) is 5.10 Å². The smallest absolute Gasteiger partial charge is 0.371 e. The fourth-order valence-corrected chi connectivity index (χ4v) is 4.19. The number of aromatic carboxylic acids is 1. The molecular weight excluding hydrogens is 404 g/mol. The number of fused-ring (bicyclic) bond motifs is 1. The molecular formula is C15H16N8O3S2. The summed E-state index contributed by atoms with van der Waals surface area (Å²) in [5.74, 6) is 3.83. The molecule has 146 valence electrons. The van der Waals surface area contributed by atoms with Crippen LogP contribution in [0.5, 0.6) is 0 Å². The van der Waals surface area contributed by atoms with Crippen LogP contribution in [0.25, 0.3) is 22.2 Å². The van der Waals surface area contributed by atoms with Crippen molar-refractivity contribution < 1.29 is 14.1 Å². The van der Waals surface area contributed by atoms with Gasteiger partial charge in [0.25, 0.3) is 0 Å². The largest absolute Gasteiger partial charge is 0.475 e. The summed E-state index contributed by atoms with van der Waals surface area (Å²) in [5.41, 5.74) is 10.5. The molecule has 0 amide bonds. The summed E-state index contributed by atoms with van der Waals surface area (Å²) >= 11 is 0.804. The maximum Gasteiger partial charge on any atom is 0.371 e. The number of aromatic nitrogens is 2. The van der Waals surface area contributed by atoms with Gasteiger partial charge in [-0.25, -0.2) is 30.5 Å². The summed E-state index contributed by atoms with van der Waals surface area (Å²) < 4.78 is 11.9. The minimum Gasteiger partial charge on any atom is -0.475 e. The lowest BCUT2D eigenvalue weighted by Crippen LogP contribution is -2.25. The summed E-state index contributed by atoms with van der Waals surface area (Å²) in [4.78, 5) is 18.8. The highest BCUT2D eigenvalue weighted by molar-refractivity contribution is 7.97. The number of aromatic amines is 1. The van der Waals surface area contributed by atoms with E-state index in [-0.39, 0.29) is 16.6 Å². The highest BCUT2D eigenvalue weighted by Crippen LogP contribution is 2.36. The number of nitrogens with one attached hydrogen (secondary N) is 2. The molecule has 0 aliphatic carbocycles. The summed E-state index contributed by atoms with van der Waals surface area (Å²) in [6.45, 7) is 0. The molecule has 0 saturated carbocycles. The molecule has 0 fully saturated rings. The van der Waals surface area contributed by atoms with Gasteiger partial charge >= 0.3 is 5.97 Å². The number of carbonyl (C=O) groups is 1. The van der Waals surface area contributed by atoms with Crippen LogP contribution < -0.4 is 27.4 Å². The minimum absolute atomic E-state index is 0.0243. The summed E-state index contributed by atoms with van der Waals surface area (Å²) in [7, 11) is -1.83. The number of nitrogens with zero attached hydrogens (tertiary/aromatic N) is 2. The van der Waals surface area contributed by atoms with Gasteiger partial charge < -0.3 is 15.8 Å². The van der Waals surface area contributed by atoms with Crippen molar-refractivity contribution in [3.05, 3.63) is 41.7 Å². The summed E-state index contributed by atoms with van der Waals surface area (Å²) in [6.07, 6.45) is 0. The zero-order valence-corrected chi connectivity index (χ0v) is 15.8. The molecule has 3 rings (SSSR count). The Kier molecular flexibility index (Phi) is 5.62. The van der Waals surface area contributed by atoms with Crippen LogP contribution in [0.1, 0.15) is 16.2 Å². The van der Waals surface area contributed by atoms with Gasteiger partial charge in [0.05, 0.1) is 20.8 Å². The molecule has 2 aromatic carbocycles. The second-order valence-corrected chi connectivity index (χ2v) is 7.13. The summed E-state index contributed by atoms with van der Waals surface area (Å²) in [5, 5.41) is 24.4. The highest BCUT2D eigenvalue weighted by Gasteiger charge is 2.22. The lowest BCUT2D eigenvalue weighted by Gasteiger charge is -2.16. The van der Waals surface area contributed by atoms with Crippen molar-refractivity contribution in [2.24, 2.45) is 27.0 Å². The molecule has 0 aliphatic heterocycles. The maximum absolute atomic E-state index is 11.9. The first-order valence-electron chi connectivity index (χ1n) is 7.60. The third kappa shape index (κ3) is 3.44. The van der Waals surface area contributed by atoms with Gasteiger partial charge in [0.15, 0.2) is 5.84 Å². The van der Waals surface area contributed by atoms with Gasteiger partial charge in [0.1, 0.15) is 11.0 Å². The molecule has 1 unspecified atom stereocenters. The Balaban J connectivity index is 2.39. The van der Waals surface area contributed by atoms with Crippen molar-refractivity contribution in [1.29, 1.82) is 0 Å². The predicted molar refractivity (Wildman–Crippen MR) is 107 cm³/mol. The van der Waals surface area contributed by atoms with E-state index in [9.17, 15) is 14.1 Å². The topological polar surface area (TPSA) is 212 Å². The zero-order valence-electron chi connectivity index (χ0n) is 14.2. The fraction of sp³-hybridized carbons (Fsp3) is 0. The van der Waals surface area contributed by atoms with E-state index in [1.54, 1.807) is 30.3 Å². The van der Waals surface area contributed by atoms with E-state index in [2.05, 4.69) is 20.6 Å². The Hall–Kier alpha value is -2.97. The van der Waals surface area contributed by atoms with E-state index in [0.717, 1.165) is 11.9 Å². The van der Waals surface area contributed by atoms with Crippen molar-refractivity contribution >= 4 is 45.8 Å². The molecule has 28 heavy (non-hydrogen) atoms. The normalized spacial score (nSPS) is 12.9. The van der Waals surface area contributed by atoms with E-state index in [1.807, 2.05) is 0 Å². The lowest BCUT2D eigenvalue weighted by molar-refractivity contribution is 0.0685. The van der Waals surface area contributed by atoms with Crippen molar-refractivity contribution in [3.8, 4) is 11.1 Å². The van der Waals surface area contributed by atoms with Crippen LogP contribution in [0.4, 0.5) is 0 Å². The molecule has 0 radical (unpaired) electrons. The number of H-pyrrole nitrogens is 1. The van der Waals surface area contributed by atoms with Crippen LogP contribution in [-0.4, -0.2) is 31.1 Å². The van der Waals surface area contributed by atoms with Crippen LogP contribution in [0.3, 0.4) is 0 Å². The van der Waals surface area contributed by atoms with Gasteiger partial charge in [0, 0.05) is 11.1 Å². The molecule has 3 aromatic rings. The highest BCUT2D eigenvalue weighted by atomic mass is 32.2. The number of hydrazine groups is 1. The number of hydrogen-bond acceptors (Lipinski definition) is 8. The van der Waals surface area contributed by atoms with Crippen LogP contribution in [0, 0.1) is 0 Å². The number of benzene rings is 2. The zero-order chi connectivity index (χ0) is 20.4. The average molecular weight is 420 g/mol. The van der Waals surface area contributed by atoms with E-state index in [0.29, 0.717) is 32.6 Å². The van der Waals surface area contributed by atoms with E-state index in [1.165, 1.54) is 0 Å². The molecule has 13 heteroatoms. The van der Waals surface area contributed by atoms with Gasteiger partial charge in [-0.05, 0) is 29.6 Å². The molecule has 0 bridgehead atoms. The fourth-order valence-electron chi connectivity index (χ4n) is 2.79. The van der Waals surface area contributed by atoms with E-state index >= 15 is 0 Å². The molecule has 0 saturated heterocycles. The van der Waals surface area contributed by atoms with E-state index < -0.39 is 17.0 Å². The number of hydrazone groups is 1. The van der Waals surface area contributed by atoms with Crippen molar-refractivity contribution in [2.75, 3.05) is 0 Å². The molecule has 11 nitrogen and oxygen atoms in total. The van der Waals surface area contributed by atoms with Crippen molar-refractivity contribution in [1.82, 2.24) is 15.5 Å². The molecule has 0 spiro atoms. The Morgan fingerprint density at radius 3 is 2.64 bits per heavy atom. The lowest BCUT2D eigenvalue weighted by atomic mass is 9.97. The van der Waals surface area contributed by atoms with Gasteiger partial charge in [-0.2, -0.15) is 0 Å². The first kappa shape index (κ1) is 19.8. The number of carboxylic acid groups (broad SMARTS) is 1. The Morgan fingerprint density at radius 1 is 1.29 bits per heavy atom. The molecule has 1 atom stereocenters. The SMILES string of the molecule is NN/N=C(\N)c1c(-c2cccc3[nH]c(C(=O)O)nc23)ccc(S(N)=O)c1SN. The van der Waals surface area contributed by atoms with Crippen LogP contribution in [0.15, 0.2) is 45.2 Å². The van der Waals surface area contributed by atoms with Gasteiger partial charge in [-0.1, -0.05) is 18.2 Å². The second kappa shape index (κ2) is 7.95. The third-order valence-corrected chi connectivity index (χ3v) is 5.47. The minimum atomic E-state index is -1.83. The predicted octanol–water partition coefficient (Wildman–Crippen LogP) is -0.0412. The Labute approximate surface area is 165 Å². The average Bonchev–Trinajstić information content (AvgIpc) is 3.11. The molecule has 1 aromatic heterocycles. The number of para-hydroxylation sites is 1. The number of nitrogens with two attached hydrogens (primary N) is 4. The number of carboxylic acids is 1. The Morgan fingerprint density at radius 2 is 2.04 bits per heavy atom. The quantitative estimate of drug-likeness (QED) is 0.0935. The maximum atomic E-state index is 11.9. The first-order chi connectivity index (χ1) is 13.4. The number of imidazole rings is 1. The van der Waals surface area contributed by atoms with Gasteiger partial charge in [0.2, 0.25) is 5.82 Å². The second-order valence-electron chi connectivity index (χ2n) is 5.45. The van der Waals surface area contributed by atoms with Crippen molar-refractivity contribution in [3.63, 3.8) is 0 Å². The van der Waals surface area contributed by atoms with Crippen molar-refractivity contribution in [2.45, 2.75) is 9.79 Å². The van der Waals surface area contributed by atoms with Crippen LogP contribution >= 0.6 is 11.9 Å². The van der Waals surface area contributed by atoms with Crippen LogP contribution in [-0.2, 0) is 11.0 Å². The standard InChI is InChI=1S/C15H16N8O3S2/c16-13(22-23-17)10-6(4-5-9(28(19)26)12(10)27-18)7-2-1-3-8-11(7)21-14(20-8)15(24)25/h1-5,23H,17-19H2,(H2,16,22)(H,20,21)(H,24,25). The number of amidine groups is 1. The Bertz CT molecular complexity index is 1130. The molecule has 11 N–H and O–H groups in total. The summed E-state index contributed by atoms with van der Waals surface area (Å²) in [6, 6.07) is 8.35. The monoisotopic (exact) mass is 420 g/mol. The number of hydrogen-bond donors (Lipinski definition) is 7. The molecule has 0 aliphatic rings. The molecule has 1 heterocycles. The van der Waals surface area contributed by atoms with E-state index in [4.69, 9.17) is 21.9 Å². The van der Waals surface area contributed by atoms with Crippen LogP contribution in [0.2, 0.25) is 0 Å². The third-order valence-electron chi connectivity index (χ3n) is 3.90. The first-order valence-corrected chi connectivity index (χ1v) is 9.69.